The topological polar surface area (TPSA) is 72.3 Å². The highest BCUT2D eigenvalue weighted by Gasteiger charge is 2.49. The van der Waals surface area contributed by atoms with Crippen molar-refractivity contribution in [3.63, 3.8) is 0 Å². The van der Waals surface area contributed by atoms with Crippen molar-refractivity contribution in [1.82, 2.24) is 4.90 Å². The van der Waals surface area contributed by atoms with Crippen LogP contribution in [-0.4, -0.2) is 45.0 Å². The molecule has 2 unspecified atom stereocenters. The molecule has 4 rings (SSSR count). The van der Waals surface area contributed by atoms with Crippen LogP contribution in [0.4, 0.5) is 8.78 Å². The lowest BCUT2D eigenvalue weighted by molar-refractivity contribution is -0.121. The van der Waals surface area contributed by atoms with Crippen LogP contribution in [0.3, 0.4) is 0 Å². The third-order valence-corrected chi connectivity index (χ3v) is 9.83. The number of carbonyl (C=O) groups is 1. The monoisotopic (exact) mass is 439 g/mol. The maximum absolute atomic E-state index is 13.9. The maximum Gasteiger partial charge on any atom is 0.240 e. The molecule has 158 valence electrons. The Morgan fingerprint density at radius 1 is 1.38 bits per heavy atom. The van der Waals surface area contributed by atoms with Gasteiger partial charge in [-0.15, -0.1) is 23.5 Å². The molecule has 3 atom stereocenters. The third kappa shape index (κ3) is 3.91. The van der Waals surface area contributed by atoms with Gasteiger partial charge in [-0.3, -0.25) is 4.79 Å². The summed E-state index contributed by atoms with van der Waals surface area (Å²) in [7, 11) is 0. The summed E-state index contributed by atoms with van der Waals surface area (Å²) in [5.74, 6) is 1.40. The van der Waals surface area contributed by atoms with E-state index in [0.717, 1.165) is 54.1 Å². The van der Waals surface area contributed by atoms with Crippen LogP contribution in [0.1, 0.15) is 41.9 Å². The van der Waals surface area contributed by atoms with E-state index in [1.54, 1.807) is 6.07 Å². The zero-order chi connectivity index (χ0) is 20.8. The van der Waals surface area contributed by atoms with Crippen molar-refractivity contribution in [2.75, 3.05) is 18.1 Å². The fourth-order valence-electron chi connectivity index (χ4n) is 4.92. The highest BCUT2D eigenvalue weighted by atomic mass is 32.2. The lowest BCUT2D eigenvalue weighted by atomic mass is 9.89. The summed E-state index contributed by atoms with van der Waals surface area (Å²) >= 11 is 3.81. The molecule has 3 aliphatic rings. The van der Waals surface area contributed by atoms with Gasteiger partial charge in [-0.05, 0) is 42.0 Å². The molecule has 0 saturated carbocycles. The minimum Gasteiger partial charge on any atom is -0.368 e. The number of nitrogens with zero attached hydrogens (tertiary/aromatic N) is 1. The second-order valence-corrected chi connectivity index (χ2v) is 11.4. The number of nitrogens with two attached hydrogens (primary N) is 2. The Balaban J connectivity index is 1.48. The molecule has 1 aromatic rings. The number of hydrogen-bond acceptors (Lipinski definition) is 5. The predicted octanol–water partition coefficient (Wildman–Crippen LogP) is 3.29. The summed E-state index contributed by atoms with van der Waals surface area (Å²) in [6.45, 7) is 4.17. The Bertz CT molecular complexity index is 828. The first-order valence-electron chi connectivity index (χ1n) is 9.98. The van der Waals surface area contributed by atoms with Gasteiger partial charge in [0.15, 0.2) is 0 Å². The largest absolute Gasteiger partial charge is 0.368 e. The van der Waals surface area contributed by atoms with Gasteiger partial charge in [0.2, 0.25) is 5.91 Å². The smallest absolute Gasteiger partial charge is 0.240 e. The summed E-state index contributed by atoms with van der Waals surface area (Å²) in [6.07, 6.45) is 2.82. The average Bonchev–Trinajstić information content (AvgIpc) is 3.40. The first-order chi connectivity index (χ1) is 13.8. The van der Waals surface area contributed by atoms with Crippen molar-refractivity contribution in [1.29, 1.82) is 0 Å². The highest BCUT2D eigenvalue weighted by Crippen LogP contribution is 2.52. The van der Waals surface area contributed by atoms with Crippen LogP contribution in [0, 0.1) is 5.82 Å². The van der Waals surface area contributed by atoms with Gasteiger partial charge in [-0.2, -0.15) is 0 Å². The third-order valence-electron chi connectivity index (χ3n) is 6.40. The molecule has 29 heavy (non-hydrogen) atoms. The van der Waals surface area contributed by atoms with Crippen molar-refractivity contribution < 1.29 is 13.6 Å². The van der Waals surface area contributed by atoms with Crippen LogP contribution < -0.4 is 11.5 Å². The molecule has 1 aromatic carbocycles. The van der Waals surface area contributed by atoms with E-state index in [2.05, 4.69) is 6.58 Å². The standard InChI is InChI=1S/C21H27F2N3OS2/c1-12(26-11-21(28-4-5-29-21)9-19(26)20(25)27)6-18(24)15-3-2-13-8-17(23)14(10-22)7-16(13)15/h7-8,15,18-19H,1-6,9-11,24H2,(H2,25,27)/t15?,18?,19-/m0/s1. The minimum absolute atomic E-state index is 0.0141. The molecule has 1 amide bonds. The van der Waals surface area contributed by atoms with Gasteiger partial charge in [0.1, 0.15) is 18.5 Å². The molecule has 0 radical (unpaired) electrons. The fraction of sp³-hybridized carbons (Fsp3) is 0.571. The lowest BCUT2D eigenvalue weighted by Gasteiger charge is -2.30. The van der Waals surface area contributed by atoms with Crippen molar-refractivity contribution in [2.45, 2.75) is 54.4 Å². The average molecular weight is 440 g/mol. The van der Waals surface area contributed by atoms with Crippen LogP contribution in [0.2, 0.25) is 0 Å². The van der Waals surface area contributed by atoms with E-state index in [9.17, 15) is 13.6 Å². The van der Waals surface area contributed by atoms with E-state index in [-0.39, 0.29) is 33.6 Å². The maximum atomic E-state index is 13.9. The molecule has 4 N–H and O–H groups in total. The van der Waals surface area contributed by atoms with Crippen molar-refractivity contribution in [2.24, 2.45) is 11.5 Å². The zero-order valence-electron chi connectivity index (χ0n) is 16.3. The lowest BCUT2D eigenvalue weighted by Crippen LogP contribution is -2.41. The number of benzene rings is 1. The Labute approximate surface area is 178 Å². The molecule has 1 aliphatic carbocycles. The first-order valence-corrected chi connectivity index (χ1v) is 11.9. The summed E-state index contributed by atoms with van der Waals surface area (Å²) in [5.41, 5.74) is 15.0. The van der Waals surface area contributed by atoms with Crippen LogP contribution >= 0.6 is 23.5 Å². The van der Waals surface area contributed by atoms with E-state index >= 15 is 0 Å². The number of halogens is 2. The zero-order valence-corrected chi connectivity index (χ0v) is 18.0. The van der Waals surface area contributed by atoms with Gasteiger partial charge in [0.25, 0.3) is 0 Å². The minimum atomic E-state index is -0.820. The highest BCUT2D eigenvalue weighted by molar-refractivity contribution is 8.21. The van der Waals surface area contributed by atoms with Crippen LogP contribution in [0.5, 0.6) is 0 Å². The molecule has 2 aliphatic heterocycles. The molecular weight excluding hydrogens is 412 g/mol. The van der Waals surface area contributed by atoms with Crippen molar-refractivity contribution >= 4 is 29.4 Å². The number of hydrogen-bond donors (Lipinski definition) is 2. The number of thioether (sulfide) groups is 2. The quantitative estimate of drug-likeness (QED) is 0.712. The molecular formula is C21H27F2N3OS2. The Morgan fingerprint density at radius 3 is 2.76 bits per heavy atom. The molecule has 0 aromatic heterocycles. The number of likely N-dealkylation sites (tertiary alicyclic amines) is 1. The van der Waals surface area contributed by atoms with Gasteiger partial charge in [-0.1, -0.05) is 6.58 Å². The van der Waals surface area contributed by atoms with Gasteiger partial charge in [0, 0.05) is 48.2 Å². The number of rotatable bonds is 6. The predicted molar refractivity (Wildman–Crippen MR) is 116 cm³/mol. The number of amides is 1. The normalized spacial score (nSPS) is 26.1. The van der Waals surface area contributed by atoms with Crippen LogP contribution in [0.25, 0.3) is 0 Å². The van der Waals surface area contributed by atoms with Gasteiger partial charge in [-0.25, -0.2) is 8.78 Å². The van der Waals surface area contributed by atoms with E-state index in [4.69, 9.17) is 11.5 Å². The van der Waals surface area contributed by atoms with Crippen molar-refractivity contribution in [3.8, 4) is 0 Å². The summed E-state index contributed by atoms with van der Waals surface area (Å²) in [5, 5.41) is 0. The molecule has 1 spiro atoms. The van der Waals surface area contributed by atoms with E-state index in [1.807, 2.05) is 28.4 Å². The SMILES string of the molecule is C=C(CC(N)C1CCc2cc(F)c(CF)cc21)N1CC2(C[C@H]1C(N)=O)SCCS2. The second kappa shape index (κ2) is 8.12. The summed E-state index contributed by atoms with van der Waals surface area (Å²) in [6, 6.07) is 2.51. The number of aryl methyl sites for hydroxylation is 1. The Morgan fingerprint density at radius 2 is 2.10 bits per heavy atom. The van der Waals surface area contributed by atoms with Gasteiger partial charge in [0.05, 0.1) is 4.08 Å². The van der Waals surface area contributed by atoms with Crippen LogP contribution in [0.15, 0.2) is 24.4 Å². The van der Waals surface area contributed by atoms with Gasteiger partial charge < -0.3 is 16.4 Å². The Hall–Kier alpha value is -1.25. The Kier molecular flexibility index (Phi) is 5.88. The van der Waals surface area contributed by atoms with Crippen molar-refractivity contribution in [3.05, 3.63) is 46.9 Å². The second-order valence-electron chi connectivity index (χ2n) is 8.21. The summed E-state index contributed by atoms with van der Waals surface area (Å²) in [4.78, 5) is 14.1. The van der Waals surface area contributed by atoms with E-state index < -0.39 is 12.5 Å². The fourth-order valence-corrected chi connectivity index (χ4v) is 8.17. The molecule has 2 heterocycles. The van der Waals surface area contributed by atoms with E-state index in [1.165, 1.54) is 6.07 Å². The number of carbonyl (C=O) groups excluding carboxylic acids is 1. The molecule has 8 heteroatoms. The van der Waals surface area contributed by atoms with Crippen LogP contribution in [-0.2, 0) is 17.9 Å². The van der Waals surface area contributed by atoms with Gasteiger partial charge >= 0.3 is 0 Å². The van der Waals surface area contributed by atoms with E-state index in [0.29, 0.717) is 6.42 Å². The molecule has 0 bridgehead atoms. The molecule has 4 nitrogen and oxygen atoms in total. The number of alkyl halides is 1. The summed E-state index contributed by atoms with van der Waals surface area (Å²) < 4.78 is 27.0. The molecule has 2 fully saturated rings. The number of fused-ring (bicyclic) bond motifs is 1. The number of primary amides is 1. The first kappa shape index (κ1) is 21.0. The molecule has 2 saturated heterocycles.